The summed E-state index contributed by atoms with van der Waals surface area (Å²) in [5.41, 5.74) is 2.54. The van der Waals surface area contributed by atoms with E-state index in [0.29, 0.717) is 0 Å². The van der Waals surface area contributed by atoms with E-state index in [1.54, 1.807) is 19.9 Å². The van der Waals surface area contributed by atoms with Crippen LogP contribution in [0, 0.1) is 5.92 Å². The molecule has 0 radical (unpaired) electrons. The molecule has 0 saturated carbocycles. The van der Waals surface area contributed by atoms with Crippen molar-refractivity contribution in [3.63, 3.8) is 0 Å². The summed E-state index contributed by atoms with van der Waals surface area (Å²) in [6.45, 7) is 12.9. The van der Waals surface area contributed by atoms with Crippen LogP contribution in [0.1, 0.15) is 80.6 Å². The Morgan fingerprint density at radius 3 is 2.23 bits per heavy atom. The molecule has 0 aliphatic carbocycles. The Kier molecular flexibility index (Phi) is 8.73. The molecule has 0 heterocycles. The Labute approximate surface area is 136 Å². The lowest BCUT2D eigenvalue weighted by Crippen LogP contribution is -2.39. The van der Waals surface area contributed by atoms with E-state index in [9.17, 15) is 9.90 Å². The zero-order valence-electron chi connectivity index (χ0n) is 15.5. The molecule has 0 spiro atoms. The summed E-state index contributed by atoms with van der Waals surface area (Å²) in [6.07, 6.45) is 7.46. The first-order valence-electron chi connectivity index (χ1n) is 8.35. The van der Waals surface area contributed by atoms with Gasteiger partial charge in [-0.15, -0.1) is 5.73 Å². The molecule has 3 heteroatoms. The van der Waals surface area contributed by atoms with Gasteiger partial charge < -0.3 is 9.84 Å². The molecule has 0 aromatic heterocycles. The number of carbonyl (C=O) groups is 1. The highest BCUT2D eigenvalue weighted by atomic mass is 16.6. The van der Waals surface area contributed by atoms with Crippen molar-refractivity contribution in [3.05, 3.63) is 17.4 Å². The first-order chi connectivity index (χ1) is 9.97. The van der Waals surface area contributed by atoms with Crippen LogP contribution >= 0.6 is 0 Å². The number of unbranched alkanes of at least 4 members (excludes halogenated alkanes) is 3. The molecular formula is C19H34O3. The maximum atomic E-state index is 12.3. The summed E-state index contributed by atoms with van der Waals surface area (Å²) >= 11 is 0. The first kappa shape index (κ1) is 20.9. The van der Waals surface area contributed by atoms with Crippen molar-refractivity contribution >= 4 is 5.97 Å². The van der Waals surface area contributed by atoms with Crippen LogP contribution in [0.2, 0.25) is 0 Å². The van der Waals surface area contributed by atoms with Gasteiger partial charge >= 0.3 is 5.97 Å². The van der Waals surface area contributed by atoms with Crippen molar-refractivity contribution in [2.24, 2.45) is 5.92 Å². The lowest BCUT2D eigenvalue weighted by molar-refractivity contribution is -0.164. The van der Waals surface area contributed by atoms with Crippen LogP contribution < -0.4 is 0 Å². The minimum absolute atomic E-state index is 0.411. The number of aliphatic hydroxyl groups is 1. The maximum Gasteiger partial charge on any atom is 0.316 e. The van der Waals surface area contributed by atoms with Crippen LogP contribution in [0.3, 0.4) is 0 Å². The zero-order chi connectivity index (χ0) is 17.4. The predicted octanol–water partition coefficient (Wildman–Crippen LogP) is 4.79. The predicted molar refractivity (Wildman–Crippen MR) is 91.7 cm³/mol. The van der Waals surface area contributed by atoms with Gasteiger partial charge in [-0.2, -0.15) is 0 Å². The molecule has 0 fully saturated rings. The summed E-state index contributed by atoms with van der Waals surface area (Å²) < 4.78 is 5.39. The molecule has 0 aromatic rings. The van der Waals surface area contributed by atoms with Gasteiger partial charge in [-0.05, 0) is 66.0 Å². The summed E-state index contributed by atoms with van der Waals surface area (Å²) in [4.78, 5) is 12.3. The lowest BCUT2D eigenvalue weighted by Gasteiger charge is -2.28. The van der Waals surface area contributed by atoms with E-state index in [-0.39, 0.29) is 0 Å². The van der Waals surface area contributed by atoms with Gasteiger partial charge in [0.2, 0.25) is 0 Å². The number of ether oxygens (including phenoxy) is 1. The smallest absolute Gasteiger partial charge is 0.316 e. The summed E-state index contributed by atoms with van der Waals surface area (Å²) in [7, 11) is 0. The van der Waals surface area contributed by atoms with Gasteiger partial charge in [0, 0.05) is 0 Å². The second-order valence-corrected chi connectivity index (χ2v) is 7.57. The quantitative estimate of drug-likeness (QED) is 0.398. The first-order valence-corrected chi connectivity index (χ1v) is 8.35. The van der Waals surface area contributed by atoms with E-state index in [2.05, 4.69) is 12.7 Å². The minimum atomic E-state index is -1.17. The van der Waals surface area contributed by atoms with E-state index in [4.69, 9.17) is 4.74 Å². The Bertz CT molecular complexity index is 401. The van der Waals surface area contributed by atoms with E-state index in [1.807, 2.05) is 27.7 Å². The van der Waals surface area contributed by atoms with Crippen LogP contribution in [-0.4, -0.2) is 22.3 Å². The van der Waals surface area contributed by atoms with Gasteiger partial charge in [-0.3, -0.25) is 4.79 Å². The average Bonchev–Trinajstić information content (AvgIpc) is 2.31. The minimum Gasteiger partial charge on any atom is -0.459 e. The second kappa shape index (κ2) is 9.17. The third-order valence-corrected chi connectivity index (χ3v) is 3.32. The van der Waals surface area contributed by atoms with Crippen LogP contribution in [0.4, 0.5) is 0 Å². The average molecular weight is 310 g/mol. The highest BCUT2D eigenvalue weighted by molar-refractivity contribution is 5.76. The van der Waals surface area contributed by atoms with Gasteiger partial charge in [0.1, 0.15) is 11.5 Å². The Morgan fingerprint density at radius 1 is 1.18 bits per heavy atom. The SMILES string of the molecule is CCCCCCC(C)=C=CC(C(=O)OC(C)(C)C)C(C)(C)O. The second-order valence-electron chi connectivity index (χ2n) is 7.57. The molecule has 0 aromatic carbocycles. The number of carbonyl (C=O) groups excluding carboxylic acids is 1. The molecule has 22 heavy (non-hydrogen) atoms. The third kappa shape index (κ3) is 9.81. The van der Waals surface area contributed by atoms with Crippen LogP contribution in [-0.2, 0) is 9.53 Å². The fraction of sp³-hybridized carbons (Fsp3) is 0.789. The van der Waals surface area contributed by atoms with Crippen molar-refractivity contribution in [3.8, 4) is 0 Å². The van der Waals surface area contributed by atoms with E-state index in [1.165, 1.54) is 19.3 Å². The van der Waals surface area contributed by atoms with Crippen LogP contribution in [0.25, 0.3) is 0 Å². The highest BCUT2D eigenvalue weighted by Crippen LogP contribution is 2.22. The highest BCUT2D eigenvalue weighted by Gasteiger charge is 2.34. The standard InChI is InChI=1S/C19H34O3/c1-8-9-10-11-12-15(2)13-14-16(19(6,7)21)17(20)22-18(3,4)5/h14,16,21H,8-12H2,1-7H3. The molecular weight excluding hydrogens is 276 g/mol. The van der Waals surface area contributed by atoms with Crippen LogP contribution in [0.15, 0.2) is 17.4 Å². The monoisotopic (exact) mass is 310 g/mol. The normalized spacial score (nSPS) is 13.3. The zero-order valence-corrected chi connectivity index (χ0v) is 15.5. The number of hydrogen-bond acceptors (Lipinski definition) is 3. The summed E-state index contributed by atoms with van der Waals surface area (Å²) in [5.74, 6) is -1.12. The lowest BCUT2D eigenvalue weighted by atomic mass is 9.90. The summed E-state index contributed by atoms with van der Waals surface area (Å²) in [5, 5.41) is 10.2. The molecule has 128 valence electrons. The molecule has 0 saturated heterocycles. The Balaban J connectivity index is 4.92. The fourth-order valence-electron chi connectivity index (χ4n) is 2.04. The largest absolute Gasteiger partial charge is 0.459 e. The summed E-state index contributed by atoms with van der Waals surface area (Å²) in [6, 6.07) is 0. The maximum absolute atomic E-state index is 12.3. The number of hydrogen-bond donors (Lipinski definition) is 1. The number of rotatable bonds is 8. The van der Waals surface area contributed by atoms with Crippen molar-refractivity contribution < 1.29 is 14.6 Å². The fourth-order valence-corrected chi connectivity index (χ4v) is 2.04. The van der Waals surface area contributed by atoms with Crippen molar-refractivity contribution in [2.45, 2.75) is 91.8 Å². The molecule has 0 aliphatic rings. The van der Waals surface area contributed by atoms with Gasteiger partial charge in [0.05, 0.1) is 5.60 Å². The molecule has 0 amide bonds. The third-order valence-electron chi connectivity index (χ3n) is 3.32. The topological polar surface area (TPSA) is 46.5 Å². The van der Waals surface area contributed by atoms with E-state index >= 15 is 0 Å². The molecule has 0 bridgehead atoms. The van der Waals surface area contributed by atoms with Crippen molar-refractivity contribution in [1.82, 2.24) is 0 Å². The Hall–Kier alpha value is -1.05. The van der Waals surface area contributed by atoms with Gasteiger partial charge in [-0.25, -0.2) is 0 Å². The van der Waals surface area contributed by atoms with Crippen LogP contribution in [0.5, 0.6) is 0 Å². The van der Waals surface area contributed by atoms with Crippen molar-refractivity contribution in [1.29, 1.82) is 0 Å². The molecule has 1 atom stereocenters. The molecule has 3 nitrogen and oxygen atoms in total. The molecule has 0 aliphatic heterocycles. The van der Waals surface area contributed by atoms with Gasteiger partial charge in [-0.1, -0.05) is 26.2 Å². The molecule has 1 N–H and O–H groups in total. The van der Waals surface area contributed by atoms with E-state index < -0.39 is 23.1 Å². The Morgan fingerprint density at radius 2 is 1.77 bits per heavy atom. The van der Waals surface area contributed by atoms with Gasteiger partial charge in [0.15, 0.2) is 0 Å². The molecule has 0 rings (SSSR count). The number of esters is 1. The van der Waals surface area contributed by atoms with Crippen molar-refractivity contribution in [2.75, 3.05) is 0 Å². The molecule has 1 unspecified atom stereocenters. The van der Waals surface area contributed by atoms with Gasteiger partial charge in [0.25, 0.3) is 0 Å². The van der Waals surface area contributed by atoms with E-state index in [0.717, 1.165) is 18.4 Å².